The molecule has 0 amide bonds. The summed E-state index contributed by atoms with van der Waals surface area (Å²) in [5.74, 6) is -0.557. The van der Waals surface area contributed by atoms with Crippen LogP contribution in [0.4, 0.5) is 4.39 Å². The van der Waals surface area contributed by atoms with Gasteiger partial charge in [-0.2, -0.15) is 0 Å². The van der Waals surface area contributed by atoms with Crippen molar-refractivity contribution in [2.75, 3.05) is 6.61 Å². The highest BCUT2D eigenvalue weighted by Crippen LogP contribution is 2.34. The molecule has 0 aliphatic rings. The Bertz CT molecular complexity index is 350. The van der Waals surface area contributed by atoms with Crippen molar-refractivity contribution in [2.45, 2.75) is 19.3 Å². The van der Waals surface area contributed by atoms with E-state index in [1.54, 1.807) is 13.8 Å². The predicted molar refractivity (Wildman–Crippen MR) is 56.5 cm³/mol. The number of halogens is 3. The standard InChI is InChI=1S/C10H11Cl2FO/c1-10(2,5-14)8-6(11)3-4-7(12)9(8)13/h3-4,14H,5H2,1-2H3. The third kappa shape index (κ3) is 2.02. The summed E-state index contributed by atoms with van der Waals surface area (Å²) in [6, 6.07) is 2.93. The first-order chi connectivity index (χ1) is 6.40. The van der Waals surface area contributed by atoms with Crippen LogP contribution in [0.1, 0.15) is 19.4 Å². The van der Waals surface area contributed by atoms with E-state index in [4.69, 9.17) is 28.3 Å². The molecule has 0 unspecified atom stereocenters. The van der Waals surface area contributed by atoms with E-state index < -0.39 is 11.2 Å². The molecule has 1 aromatic carbocycles. The van der Waals surface area contributed by atoms with Crippen LogP contribution in [0.15, 0.2) is 12.1 Å². The summed E-state index contributed by atoms with van der Waals surface area (Å²) in [4.78, 5) is 0. The van der Waals surface area contributed by atoms with Crippen molar-refractivity contribution >= 4 is 23.2 Å². The van der Waals surface area contributed by atoms with Gasteiger partial charge in [0.2, 0.25) is 0 Å². The molecule has 0 radical (unpaired) electrons. The maximum absolute atomic E-state index is 13.6. The van der Waals surface area contributed by atoms with Crippen molar-refractivity contribution in [3.8, 4) is 0 Å². The van der Waals surface area contributed by atoms with E-state index in [0.29, 0.717) is 0 Å². The lowest BCUT2D eigenvalue weighted by Gasteiger charge is -2.24. The molecular formula is C10H11Cl2FO. The molecule has 0 spiro atoms. The van der Waals surface area contributed by atoms with Gasteiger partial charge in [0.1, 0.15) is 5.82 Å². The summed E-state index contributed by atoms with van der Waals surface area (Å²) >= 11 is 11.5. The van der Waals surface area contributed by atoms with Gasteiger partial charge in [-0.05, 0) is 12.1 Å². The van der Waals surface area contributed by atoms with Crippen molar-refractivity contribution < 1.29 is 9.50 Å². The smallest absolute Gasteiger partial charge is 0.147 e. The fraction of sp³-hybridized carbons (Fsp3) is 0.400. The third-order valence-electron chi connectivity index (χ3n) is 2.12. The number of benzene rings is 1. The van der Waals surface area contributed by atoms with Crippen LogP contribution < -0.4 is 0 Å². The van der Waals surface area contributed by atoms with E-state index >= 15 is 0 Å². The van der Waals surface area contributed by atoms with Crippen molar-refractivity contribution in [1.82, 2.24) is 0 Å². The van der Waals surface area contributed by atoms with E-state index in [1.807, 2.05) is 0 Å². The molecule has 1 rings (SSSR count). The van der Waals surface area contributed by atoms with E-state index in [1.165, 1.54) is 12.1 Å². The van der Waals surface area contributed by atoms with E-state index in [0.717, 1.165) is 0 Å². The molecule has 0 aliphatic heterocycles. The van der Waals surface area contributed by atoms with Gasteiger partial charge in [0.05, 0.1) is 11.6 Å². The zero-order valence-corrected chi connectivity index (χ0v) is 9.45. The topological polar surface area (TPSA) is 20.2 Å². The molecule has 0 fully saturated rings. The Labute approximate surface area is 92.5 Å². The van der Waals surface area contributed by atoms with Crippen LogP contribution >= 0.6 is 23.2 Å². The number of hydrogen-bond acceptors (Lipinski definition) is 1. The molecule has 0 aromatic heterocycles. The van der Waals surface area contributed by atoms with Crippen molar-refractivity contribution in [1.29, 1.82) is 0 Å². The van der Waals surface area contributed by atoms with Gasteiger partial charge in [-0.3, -0.25) is 0 Å². The van der Waals surface area contributed by atoms with Crippen LogP contribution in [0, 0.1) is 5.82 Å². The summed E-state index contributed by atoms with van der Waals surface area (Å²) in [5, 5.41) is 9.42. The Hall–Kier alpha value is -0.310. The Kier molecular flexibility index (Phi) is 3.40. The quantitative estimate of drug-likeness (QED) is 0.781. The normalized spacial score (nSPS) is 11.9. The van der Waals surface area contributed by atoms with Crippen LogP contribution in [0.3, 0.4) is 0 Å². The van der Waals surface area contributed by atoms with Crippen molar-refractivity contribution in [3.63, 3.8) is 0 Å². The molecule has 1 nitrogen and oxygen atoms in total. The first-order valence-electron chi connectivity index (χ1n) is 4.15. The predicted octanol–water partition coefficient (Wildman–Crippen LogP) is 3.40. The number of rotatable bonds is 2. The Balaban J connectivity index is 3.40. The zero-order valence-electron chi connectivity index (χ0n) is 7.94. The molecule has 0 saturated carbocycles. The molecule has 0 atom stereocenters. The van der Waals surface area contributed by atoms with Crippen LogP contribution in [0.25, 0.3) is 0 Å². The minimum atomic E-state index is -0.730. The molecule has 4 heteroatoms. The van der Waals surface area contributed by atoms with Gasteiger partial charge >= 0.3 is 0 Å². The summed E-state index contributed by atoms with van der Waals surface area (Å²) in [6.45, 7) is 3.21. The second-order valence-electron chi connectivity index (χ2n) is 3.76. The van der Waals surface area contributed by atoms with Gasteiger partial charge < -0.3 is 5.11 Å². The maximum Gasteiger partial charge on any atom is 0.147 e. The van der Waals surface area contributed by atoms with Crippen LogP contribution in [0.5, 0.6) is 0 Å². The second kappa shape index (κ2) is 4.05. The maximum atomic E-state index is 13.6. The van der Waals surface area contributed by atoms with Gasteiger partial charge in [0.15, 0.2) is 0 Å². The van der Waals surface area contributed by atoms with Gasteiger partial charge in [-0.1, -0.05) is 37.0 Å². The number of hydrogen-bond donors (Lipinski definition) is 1. The highest BCUT2D eigenvalue weighted by Gasteiger charge is 2.27. The van der Waals surface area contributed by atoms with Crippen LogP contribution in [-0.2, 0) is 5.41 Å². The van der Waals surface area contributed by atoms with E-state index in [2.05, 4.69) is 0 Å². The highest BCUT2D eigenvalue weighted by atomic mass is 35.5. The molecule has 0 heterocycles. The zero-order chi connectivity index (χ0) is 10.9. The lowest BCUT2D eigenvalue weighted by Crippen LogP contribution is -2.24. The fourth-order valence-electron chi connectivity index (χ4n) is 1.23. The number of aliphatic hydroxyl groups excluding tert-OH is 1. The van der Waals surface area contributed by atoms with Crippen molar-refractivity contribution in [2.24, 2.45) is 0 Å². The molecule has 1 N–H and O–H groups in total. The molecule has 14 heavy (non-hydrogen) atoms. The van der Waals surface area contributed by atoms with Gasteiger partial charge in [0, 0.05) is 16.0 Å². The van der Waals surface area contributed by atoms with Crippen LogP contribution in [-0.4, -0.2) is 11.7 Å². The Morgan fingerprint density at radius 3 is 2.29 bits per heavy atom. The molecule has 1 aromatic rings. The van der Waals surface area contributed by atoms with Crippen molar-refractivity contribution in [3.05, 3.63) is 33.6 Å². The summed E-state index contributed by atoms with van der Waals surface area (Å²) < 4.78 is 13.6. The second-order valence-corrected chi connectivity index (χ2v) is 4.57. The van der Waals surface area contributed by atoms with Gasteiger partial charge in [0.25, 0.3) is 0 Å². The van der Waals surface area contributed by atoms with Crippen LogP contribution in [0.2, 0.25) is 10.0 Å². The minimum Gasteiger partial charge on any atom is -0.395 e. The first kappa shape index (κ1) is 11.8. The van der Waals surface area contributed by atoms with Gasteiger partial charge in [-0.25, -0.2) is 4.39 Å². The fourth-order valence-corrected chi connectivity index (χ4v) is 1.79. The Morgan fingerprint density at radius 2 is 1.79 bits per heavy atom. The highest BCUT2D eigenvalue weighted by molar-refractivity contribution is 6.33. The molecule has 0 bridgehead atoms. The van der Waals surface area contributed by atoms with E-state index in [-0.39, 0.29) is 22.2 Å². The monoisotopic (exact) mass is 236 g/mol. The molecule has 0 aliphatic carbocycles. The average molecular weight is 237 g/mol. The molecule has 78 valence electrons. The average Bonchev–Trinajstić information content (AvgIpc) is 2.12. The van der Waals surface area contributed by atoms with E-state index in [9.17, 15) is 4.39 Å². The Morgan fingerprint density at radius 1 is 1.29 bits per heavy atom. The lowest BCUT2D eigenvalue weighted by atomic mass is 9.85. The summed E-state index contributed by atoms with van der Waals surface area (Å²) in [5.41, 5.74) is -0.472. The minimum absolute atomic E-state index is 0.0194. The summed E-state index contributed by atoms with van der Waals surface area (Å²) in [6.07, 6.45) is 0. The SMILES string of the molecule is CC(C)(CO)c1c(Cl)ccc(Cl)c1F. The lowest BCUT2D eigenvalue weighted by molar-refractivity contribution is 0.215. The number of aliphatic hydroxyl groups is 1. The summed E-state index contributed by atoms with van der Waals surface area (Å²) in [7, 11) is 0. The molecular weight excluding hydrogens is 226 g/mol. The van der Waals surface area contributed by atoms with Gasteiger partial charge in [-0.15, -0.1) is 0 Å². The molecule has 0 saturated heterocycles. The first-order valence-corrected chi connectivity index (χ1v) is 4.90. The largest absolute Gasteiger partial charge is 0.395 e. The third-order valence-corrected chi connectivity index (χ3v) is 2.72.